The van der Waals surface area contributed by atoms with E-state index in [9.17, 15) is 4.79 Å². The van der Waals surface area contributed by atoms with Crippen LogP contribution in [0.1, 0.15) is 70.0 Å². The number of carbonyl (C=O) groups is 1. The molecule has 1 heterocycles. The van der Waals surface area contributed by atoms with Crippen molar-refractivity contribution in [2.24, 2.45) is 11.8 Å². The van der Waals surface area contributed by atoms with E-state index in [1.165, 1.54) is 56.7 Å². The molecule has 0 aliphatic heterocycles. The van der Waals surface area contributed by atoms with Gasteiger partial charge in [-0.1, -0.05) is 59.0 Å². The largest absolute Gasteiger partial charge is 0.500 e. The first-order chi connectivity index (χ1) is 14.4. The molecule has 6 heteroatoms. The fraction of sp³-hybridized carbons (Fsp3) is 0.667. The quantitative estimate of drug-likeness (QED) is 0.145. The summed E-state index contributed by atoms with van der Waals surface area (Å²) < 4.78 is 15.6. The molecule has 0 saturated heterocycles. The van der Waals surface area contributed by atoms with Gasteiger partial charge >= 0.3 is 5.97 Å². The van der Waals surface area contributed by atoms with Gasteiger partial charge in [-0.2, -0.15) is 0 Å². The summed E-state index contributed by atoms with van der Waals surface area (Å²) in [4.78, 5) is 16.2. The maximum atomic E-state index is 11.5. The van der Waals surface area contributed by atoms with Crippen molar-refractivity contribution in [2.45, 2.75) is 71.8 Å². The maximum absolute atomic E-state index is 11.5. The van der Waals surface area contributed by atoms with Crippen LogP contribution in [0.15, 0.2) is 23.3 Å². The van der Waals surface area contributed by atoms with Gasteiger partial charge in [0.2, 0.25) is 0 Å². The fourth-order valence-electron chi connectivity index (χ4n) is 3.23. The Morgan fingerprint density at radius 3 is 2.40 bits per heavy atom. The predicted molar refractivity (Wildman–Crippen MR) is 124 cm³/mol. The standard InChI is InChI=1S/C24H39NO4S/c1-18(2)12-10-8-7-9-11-13-23-25-20(17-30-23)14-15-21(27-4)19(3)22(28-5)16-24(26)29-6/h14-19,21H,7-13H2,1-6H3. The molecule has 0 spiro atoms. The van der Waals surface area contributed by atoms with Gasteiger partial charge in [0.05, 0.1) is 37.1 Å². The molecule has 30 heavy (non-hydrogen) atoms. The normalized spacial score (nSPS) is 14.3. The van der Waals surface area contributed by atoms with E-state index in [0.717, 1.165) is 18.0 Å². The van der Waals surface area contributed by atoms with Gasteiger partial charge in [0.15, 0.2) is 0 Å². The van der Waals surface area contributed by atoms with Crippen LogP contribution >= 0.6 is 11.3 Å². The van der Waals surface area contributed by atoms with Crippen molar-refractivity contribution in [1.82, 2.24) is 4.98 Å². The van der Waals surface area contributed by atoms with Crippen LogP contribution in [0.4, 0.5) is 0 Å². The van der Waals surface area contributed by atoms with Gasteiger partial charge in [0, 0.05) is 18.4 Å². The van der Waals surface area contributed by atoms with Gasteiger partial charge in [-0.05, 0) is 24.8 Å². The average molecular weight is 438 g/mol. The Hall–Kier alpha value is -1.66. The number of hydrogen-bond acceptors (Lipinski definition) is 6. The summed E-state index contributed by atoms with van der Waals surface area (Å²) in [6.45, 7) is 6.53. The zero-order chi connectivity index (χ0) is 22.4. The van der Waals surface area contributed by atoms with E-state index < -0.39 is 5.97 Å². The second-order valence-electron chi connectivity index (χ2n) is 7.99. The molecule has 2 atom stereocenters. The van der Waals surface area contributed by atoms with Crippen molar-refractivity contribution in [3.8, 4) is 0 Å². The molecular weight excluding hydrogens is 398 g/mol. The highest BCUT2D eigenvalue weighted by Gasteiger charge is 2.20. The third-order valence-corrected chi connectivity index (χ3v) is 6.04. The highest BCUT2D eigenvalue weighted by atomic mass is 32.1. The number of rotatable bonds is 15. The predicted octanol–water partition coefficient (Wildman–Crippen LogP) is 6.05. The summed E-state index contributed by atoms with van der Waals surface area (Å²) >= 11 is 1.71. The fourth-order valence-corrected chi connectivity index (χ4v) is 4.04. The number of methoxy groups -OCH3 is 3. The van der Waals surface area contributed by atoms with E-state index in [-0.39, 0.29) is 12.0 Å². The lowest BCUT2D eigenvalue weighted by Gasteiger charge is -2.21. The van der Waals surface area contributed by atoms with E-state index in [4.69, 9.17) is 14.5 Å². The summed E-state index contributed by atoms with van der Waals surface area (Å²) in [7, 11) is 4.53. The highest BCUT2D eigenvalue weighted by molar-refractivity contribution is 7.09. The minimum atomic E-state index is -0.443. The van der Waals surface area contributed by atoms with Crippen LogP contribution in [0.2, 0.25) is 0 Å². The zero-order valence-electron chi connectivity index (χ0n) is 19.5. The number of esters is 1. The Bertz CT molecular complexity index is 666. The molecule has 0 fully saturated rings. The highest BCUT2D eigenvalue weighted by Crippen LogP contribution is 2.21. The molecule has 0 radical (unpaired) electrons. The number of carbonyl (C=O) groups excluding carboxylic acids is 1. The number of aromatic nitrogens is 1. The van der Waals surface area contributed by atoms with Crippen molar-refractivity contribution in [1.29, 1.82) is 0 Å². The first-order valence-corrected chi connectivity index (χ1v) is 11.8. The van der Waals surface area contributed by atoms with Crippen LogP contribution < -0.4 is 0 Å². The Morgan fingerprint density at radius 1 is 1.07 bits per heavy atom. The van der Waals surface area contributed by atoms with Gasteiger partial charge in [-0.15, -0.1) is 11.3 Å². The number of ether oxygens (including phenoxy) is 3. The first kappa shape index (κ1) is 26.4. The van der Waals surface area contributed by atoms with Gasteiger partial charge in [0.1, 0.15) is 5.76 Å². The van der Waals surface area contributed by atoms with Gasteiger partial charge in [0.25, 0.3) is 0 Å². The van der Waals surface area contributed by atoms with Gasteiger partial charge < -0.3 is 14.2 Å². The van der Waals surface area contributed by atoms with Gasteiger partial charge in [-0.3, -0.25) is 0 Å². The number of aryl methyl sites for hydroxylation is 1. The Balaban J connectivity index is 2.51. The third kappa shape index (κ3) is 10.4. The van der Waals surface area contributed by atoms with Crippen molar-refractivity contribution in [3.05, 3.63) is 34.0 Å². The van der Waals surface area contributed by atoms with Crippen LogP contribution in [0.5, 0.6) is 0 Å². The molecule has 0 bridgehead atoms. The number of hydrogen-bond donors (Lipinski definition) is 0. The summed E-state index contributed by atoms with van der Waals surface area (Å²) in [6.07, 6.45) is 13.9. The minimum Gasteiger partial charge on any atom is -0.500 e. The number of unbranched alkanes of at least 4 members (excludes halogenated alkanes) is 4. The van der Waals surface area contributed by atoms with E-state index in [2.05, 4.69) is 24.0 Å². The Morgan fingerprint density at radius 2 is 1.77 bits per heavy atom. The second-order valence-corrected chi connectivity index (χ2v) is 8.93. The lowest BCUT2D eigenvalue weighted by Crippen LogP contribution is -2.21. The van der Waals surface area contributed by atoms with E-state index in [1.54, 1.807) is 25.6 Å². The van der Waals surface area contributed by atoms with Crippen LogP contribution in [0.25, 0.3) is 6.08 Å². The van der Waals surface area contributed by atoms with Crippen molar-refractivity contribution in [2.75, 3.05) is 21.3 Å². The number of nitrogens with zero attached hydrogens (tertiary/aromatic N) is 1. The summed E-state index contributed by atoms with van der Waals surface area (Å²) in [5, 5.41) is 3.26. The minimum absolute atomic E-state index is 0.135. The lowest BCUT2D eigenvalue weighted by molar-refractivity contribution is -0.135. The first-order valence-electron chi connectivity index (χ1n) is 10.9. The molecule has 0 N–H and O–H groups in total. The van der Waals surface area contributed by atoms with Crippen LogP contribution in [0, 0.1) is 11.8 Å². The smallest absolute Gasteiger partial charge is 0.333 e. The van der Waals surface area contributed by atoms with Crippen LogP contribution in [0.3, 0.4) is 0 Å². The van der Waals surface area contributed by atoms with Gasteiger partial charge in [-0.25, -0.2) is 9.78 Å². The second kappa shape index (κ2) is 15.2. The molecule has 0 amide bonds. The average Bonchev–Trinajstić information content (AvgIpc) is 3.18. The third-order valence-electron chi connectivity index (χ3n) is 5.11. The molecule has 1 aromatic rings. The van der Waals surface area contributed by atoms with E-state index >= 15 is 0 Å². The SMILES string of the molecule is COC(=O)C=C(OC)C(C)C(C=Cc1csc(CCCCCCCC(C)C)n1)OC. The van der Waals surface area contributed by atoms with Crippen LogP contribution in [-0.4, -0.2) is 38.4 Å². The monoisotopic (exact) mass is 437 g/mol. The summed E-state index contributed by atoms with van der Waals surface area (Å²) in [5.74, 6) is 0.758. The maximum Gasteiger partial charge on any atom is 0.333 e. The molecule has 0 aliphatic rings. The molecule has 0 aromatic carbocycles. The Labute approximate surface area is 186 Å². The van der Waals surface area contributed by atoms with Crippen molar-refractivity contribution in [3.63, 3.8) is 0 Å². The summed E-state index contributed by atoms with van der Waals surface area (Å²) in [6, 6.07) is 0. The van der Waals surface area contributed by atoms with E-state index in [0.29, 0.717) is 5.76 Å². The molecule has 0 saturated carbocycles. The molecule has 170 valence electrons. The molecule has 5 nitrogen and oxygen atoms in total. The molecule has 1 rings (SSSR count). The topological polar surface area (TPSA) is 57.7 Å². The summed E-state index contributed by atoms with van der Waals surface area (Å²) in [5.41, 5.74) is 0.942. The van der Waals surface area contributed by atoms with Crippen LogP contribution in [-0.2, 0) is 25.4 Å². The zero-order valence-corrected chi connectivity index (χ0v) is 20.3. The van der Waals surface area contributed by atoms with Crippen molar-refractivity contribution < 1.29 is 19.0 Å². The molecule has 1 aromatic heterocycles. The van der Waals surface area contributed by atoms with Crippen molar-refractivity contribution >= 4 is 23.4 Å². The molecular formula is C24H39NO4S. The lowest BCUT2D eigenvalue weighted by atomic mass is 10.0. The Kier molecular flexibility index (Phi) is 13.4. The van der Waals surface area contributed by atoms with E-state index in [1.807, 2.05) is 19.1 Å². The molecule has 2 unspecified atom stereocenters. The molecule has 0 aliphatic carbocycles. The number of thiazole rings is 1.